The minimum atomic E-state index is -0.679. The lowest BCUT2D eigenvalue weighted by atomic mass is 9.97. The van der Waals surface area contributed by atoms with Crippen molar-refractivity contribution in [2.24, 2.45) is 0 Å². The lowest BCUT2D eigenvalue weighted by molar-refractivity contribution is -0.130. The Morgan fingerprint density at radius 1 is 1.13 bits per heavy atom. The summed E-state index contributed by atoms with van der Waals surface area (Å²) in [5.41, 5.74) is 3.84. The smallest absolute Gasteiger partial charge is 0.273 e. The highest BCUT2D eigenvalue weighted by Crippen LogP contribution is 2.22. The lowest BCUT2D eigenvalue weighted by Crippen LogP contribution is -2.54. The van der Waals surface area contributed by atoms with Crippen LogP contribution in [-0.2, 0) is 9.59 Å². The first-order chi connectivity index (χ1) is 14.5. The number of aromatic nitrogens is 2. The Bertz CT molecular complexity index is 1050. The van der Waals surface area contributed by atoms with E-state index < -0.39 is 17.8 Å². The zero-order chi connectivity index (χ0) is 21.1. The summed E-state index contributed by atoms with van der Waals surface area (Å²) in [5.74, 6) is -1.25. The number of imide groups is 2. The van der Waals surface area contributed by atoms with Crippen LogP contribution in [0.5, 0.6) is 0 Å². The molecule has 154 valence electrons. The van der Waals surface area contributed by atoms with Crippen molar-refractivity contribution in [1.82, 2.24) is 20.0 Å². The number of amides is 4. The highest BCUT2D eigenvalue weighted by Gasteiger charge is 2.35. The van der Waals surface area contributed by atoms with Gasteiger partial charge in [0.15, 0.2) is 0 Å². The van der Waals surface area contributed by atoms with Crippen molar-refractivity contribution in [3.8, 4) is 5.69 Å². The van der Waals surface area contributed by atoms with Crippen LogP contribution in [0.1, 0.15) is 43.2 Å². The summed E-state index contributed by atoms with van der Waals surface area (Å²) in [6.07, 6.45) is 12.0. The molecule has 1 aliphatic carbocycles. The molecule has 1 saturated heterocycles. The first-order valence-corrected chi connectivity index (χ1v) is 10.2. The molecule has 2 aromatic rings. The number of hydrogen-bond donors (Lipinski definition) is 1. The second kappa shape index (κ2) is 8.49. The summed E-state index contributed by atoms with van der Waals surface area (Å²) in [7, 11) is 0. The van der Waals surface area contributed by atoms with Gasteiger partial charge in [-0.15, -0.1) is 0 Å². The van der Waals surface area contributed by atoms with Crippen LogP contribution in [0, 0.1) is 6.92 Å². The molecule has 2 aliphatic rings. The molecule has 0 saturated carbocycles. The van der Waals surface area contributed by atoms with Gasteiger partial charge in [-0.3, -0.25) is 19.8 Å². The Labute approximate surface area is 175 Å². The van der Waals surface area contributed by atoms with Crippen molar-refractivity contribution in [2.75, 3.05) is 6.54 Å². The standard InChI is InChI=1S/C23H24N4O3/c1-16-7-9-19(10-8-16)27-15-18(14-24-27)13-20-21(28)25-23(30)26(22(20)29)12-11-17-5-3-2-4-6-17/h5,7-10,13-15H,2-4,6,11-12H2,1H3,(H,25,28,30)/b20-13-. The number of allylic oxidation sites excluding steroid dienone is 1. The first-order valence-electron chi connectivity index (χ1n) is 10.2. The summed E-state index contributed by atoms with van der Waals surface area (Å²) >= 11 is 0. The van der Waals surface area contributed by atoms with Crippen LogP contribution in [0.15, 0.2) is 53.9 Å². The fourth-order valence-electron chi connectivity index (χ4n) is 3.70. The summed E-state index contributed by atoms with van der Waals surface area (Å²) < 4.78 is 1.68. The number of benzene rings is 1. The van der Waals surface area contributed by atoms with Crippen LogP contribution in [0.3, 0.4) is 0 Å². The zero-order valence-corrected chi connectivity index (χ0v) is 16.9. The van der Waals surface area contributed by atoms with Gasteiger partial charge >= 0.3 is 6.03 Å². The second-order valence-corrected chi connectivity index (χ2v) is 7.69. The van der Waals surface area contributed by atoms with Gasteiger partial charge in [-0.2, -0.15) is 5.10 Å². The van der Waals surface area contributed by atoms with E-state index in [1.165, 1.54) is 18.1 Å². The largest absolute Gasteiger partial charge is 0.331 e. The highest BCUT2D eigenvalue weighted by molar-refractivity contribution is 6.31. The lowest BCUT2D eigenvalue weighted by Gasteiger charge is -2.27. The van der Waals surface area contributed by atoms with Gasteiger partial charge in [0.25, 0.3) is 11.8 Å². The van der Waals surface area contributed by atoms with Gasteiger partial charge in [0.1, 0.15) is 5.57 Å². The third-order valence-corrected chi connectivity index (χ3v) is 5.44. The van der Waals surface area contributed by atoms with Gasteiger partial charge < -0.3 is 0 Å². The van der Waals surface area contributed by atoms with Gasteiger partial charge in [-0.1, -0.05) is 29.3 Å². The van der Waals surface area contributed by atoms with Crippen molar-refractivity contribution in [3.05, 3.63) is 65.0 Å². The molecule has 2 heterocycles. The molecule has 0 spiro atoms. The number of nitrogens with zero attached hydrogens (tertiary/aromatic N) is 3. The Kier molecular flexibility index (Phi) is 5.61. The number of nitrogens with one attached hydrogen (secondary N) is 1. The maximum atomic E-state index is 12.9. The quantitative estimate of drug-likeness (QED) is 0.469. The fraction of sp³-hybridized carbons (Fsp3) is 0.304. The number of carbonyl (C=O) groups excluding carboxylic acids is 3. The molecular weight excluding hydrogens is 380 g/mol. The molecule has 4 amide bonds. The van der Waals surface area contributed by atoms with E-state index in [9.17, 15) is 14.4 Å². The van der Waals surface area contributed by atoms with E-state index in [-0.39, 0.29) is 12.1 Å². The van der Waals surface area contributed by atoms with Crippen molar-refractivity contribution < 1.29 is 14.4 Å². The molecule has 7 heteroatoms. The SMILES string of the molecule is Cc1ccc(-n2cc(/C=C3/C(=O)NC(=O)N(CCC4=CCCCC4)C3=O)cn2)cc1. The predicted octanol–water partition coefficient (Wildman–Crippen LogP) is 3.53. The summed E-state index contributed by atoms with van der Waals surface area (Å²) in [4.78, 5) is 38.5. The summed E-state index contributed by atoms with van der Waals surface area (Å²) in [6, 6.07) is 7.20. The zero-order valence-electron chi connectivity index (χ0n) is 16.9. The summed E-state index contributed by atoms with van der Waals surface area (Å²) in [6.45, 7) is 2.28. The predicted molar refractivity (Wildman–Crippen MR) is 113 cm³/mol. The van der Waals surface area contributed by atoms with Gasteiger partial charge in [-0.05, 0) is 57.2 Å². The maximum Gasteiger partial charge on any atom is 0.331 e. The number of carbonyl (C=O) groups is 3. The van der Waals surface area contributed by atoms with E-state index in [1.807, 2.05) is 31.2 Å². The molecule has 0 radical (unpaired) electrons. The highest BCUT2D eigenvalue weighted by atomic mass is 16.2. The molecule has 1 aromatic heterocycles. The van der Waals surface area contributed by atoms with Gasteiger partial charge in [0.05, 0.1) is 11.9 Å². The average Bonchev–Trinajstić information content (AvgIpc) is 3.21. The Balaban J connectivity index is 1.52. The molecule has 0 bridgehead atoms. The van der Waals surface area contributed by atoms with E-state index in [2.05, 4.69) is 16.5 Å². The molecule has 1 aliphatic heterocycles. The minimum absolute atomic E-state index is 0.0596. The molecule has 7 nitrogen and oxygen atoms in total. The molecule has 30 heavy (non-hydrogen) atoms. The van der Waals surface area contributed by atoms with E-state index >= 15 is 0 Å². The number of barbiturate groups is 1. The average molecular weight is 404 g/mol. The Morgan fingerprint density at radius 3 is 2.67 bits per heavy atom. The topological polar surface area (TPSA) is 84.3 Å². The number of hydrogen-bond acceptors (Lipinski definition) is 4. The van der Waals surface area contributed by atoms with Crippen molar-refractivity contribution in [1.29, 1.82) is 0 Å². The van der Waals surface area contributed by atoms with E-state index in [4.69, 9.17) is 0 Å². The Hall–Kier alpha value is -3.48. The molecule has 0 unspecified atom stereocenters. The van der Waals surface area contributed by atoms with E-state index in [0.717, 1.165) is 35.4 Å². The molecule has 0 atom stereocenters. The minimum Gasteiger partial charge on any atom is -0.273 e. The first kappa shape index (κ1) is 19.8. The monoisotopic (exact) mass is 404 g/mol. The van der Waals surface area contributed by atoms with Gasteiger partial charge in [0, 0.05) is 18.3 Å². The van der Waals surface area contributed by atoms with Crippen molar-refractivity contribution >= 4 is 23.9 Å². The van der Waals surface area contributed by atoms with Crippen LogP contribution in [0.2, 0.25) is 0 Å². The normalized spacial score (nSPS) is 18.6. The third-order valence-electron chi connectivity index (χ3n) is 5.44. The van der Waals surface area contributed by atoms with Crippen LogP contribution >= 0.6 is 0 Å². The van der Waals surface area contributed by atoms with E-state index in [0.29, 0.717) is 12.0 Å². The van der Waals surface area contributed by atoms with Crippen LogP contribution in [0.4, 0.5) is 4.79 Å². The van der Waals surface area contributed by atoms with Gasteiger partial charge in [0.2, 0.25) is 0 Å². The molecule has 1 N–H and O–H groups in total. The summed E-state index contributed by atoms with van der Waals surface area (Å²) in [5, 5.41) is 6.58. The van der Waals surface area contributed by atoms with Crippen molar-refractivity contribution in [2.45, 2.75) is 39.0 Å². The van der Waals surface area contributed by atoms with Crippen LogP contribution in [0.25, 0.3) is 11.8 Å². The van der Waals surface area contributed by atoms with Crippen molar-refractivity contribution in [3.63, 3.8) is 0 Å². The molecule has 4 rings (SSSR count). The number of urea groups is 1. The van der Waals surface area contributed by atoms with Crippen LogP contribution < -0.4 is 5.32 Å². The maximum absolute atomic E-state index is 12.9. The van der Waals surface area contributed by atoms with Gasteiger partial charge in [-0.25, -0.2) is 9.48 Å². The van der Waals surface area contributed by atoms with Crippen LogP contribution in [-0.4, -0.2) is 39.1 Å². The van der Waals surface area contributed by atoms with E-state index in [1.54, 1.807) is 17.1 Å². The number of aryl methyl sites for hydroxylation is 1. The second-order valence-electron chi connectivity index (χ2n) is 7.69. The molecular formula is C23H24N4O3. The fourth-order valence-corrected chi connectivity index (χ4v) is 3.70. The number of rotatable bonds is 5. The molecule has 1 fully saturated rings. The molecule has 1 aromatic carbocycles. The Morgan fingerprint density at radius 2 is 1.93 bits per heavy atom. The third kappa shape index (κ3) is 4.25.